The molecule has 0 aromatic carbocycles. The first-order valence-electron chi connectivity index (χ1n) is 9.10. The van der Waals surface area contributed by atoms with E-state index in [-0.39, 0.29) is 42.8 Å². The minimum absolute atomic E-state index is 0.0188. The van der Waals surface area contributed by atoms with Gasteiger partial charge >= 0.3 is 0 Å². The quantitative estimate of drug-likeness (QED) is 0.668. The van der Waals surface area contributed by atoms with E-state index in [9.17, 15) is 14.9 Å². The summed E-state index contributed by atoms with van der Waals surface area (Å²) >= 11 is 0. The van der Waals surface area contributed by atoms with Gasteiger partial charge in [-0.1, -0.05) is 0 Å². The van der Waals surface area contributed by atoms with E-state index in [1.54, 1.807) is 18.5 Å². The highest BCUT2D eigenvalue weighted by atomic mass is 16.2. The predicted molar refractivity (Wildman–Crippen MR) is 103 cm³/mol. The van der Waals surface area contributed by atoms with Crippen LogP contribution in [0.25, 0.3) is 11.3 Å². The molecule has 1 amide bonds. The maximum atomic E-state index is 12.0. The number of nitrogens with one attached hydrogen (secondary N) is 1. The molecule has 0 bridgehead atoms. The maximum absolute atomic E-state index is 12.0. The third-order valence-electron chi connectivity index (χ3n) is 4.55. The van der Waals surface area contributed by atoms with Gasteiger partial charge in [0.25, 0.3) is 0 Å². The standard InChI is InChI=1S/C20H19N7O2/c1-27(5-4-21)20(29)12-26-16-6-14(9-24-17(16)8-22)18-11-23-15(10-25-18)7-19(28)13-2-3-13/h6,9-11,13,26H,2-3,5,7,12H2,1H3. The van der Waals surface area contributed by atoms with Crippen LogP contribution in [0.5, 0.6) is 0 Å². The van der Waals surface area contributed by atoms with Crippen LogP contribution in [0.1, 0.15) is 24.2 Å². The van der Waals surface area contributed by atoms with Crippen molar-refractivity contribution >= 4 is 17.4 Å². The Morgan fingerprint density at radius 1 is 1.21 bits per heavy atom. The summed E-state index contributed by atoms with van der Waals surface area (Å²) in [5, 5.41) is 20.8. The van der Waals surface area contributed by atoms with Gasteiger partial charge in [-0.25, -0.2) is 4.98 Å². The number of hydrogen-bond donors (Lipinski definition) is 1. The molecule has 29 heavy (non-hydrogen) atoms. The van der Waals surface area contributed by atoms with Crippen molar-refractivity contribution in [2.24, 2.45) is 5.92 Å². The van der Waals surface area contributed by atoms with Crippen LogP contribution in [-0.2, 0) is 16.0 Å². The van der Waals surface area contributed by atoms with Gasteiger partial charge < -0.3 is 10.2 Å². The number of amides is 1. The Hall–Kier alpha value is -3.85. The number of nitriles is 2. The Labute approximate surface area is 168 Å². The molecule has 1 aliphatic carbocycles. The van der Waals surface area contributed by atoms with Gasteiger partial charge in [-0.15, -0.1) is 0 Å². The SMILES string of the molecule is CN(CC#N)C(=O)CNc1cc(-c2cnc(CC(=O)C3CC3)cn2)cnc1C#N. The first-order valence-corrected chi connectivity index (χ1v) is 9.10. The number of ketones is 1. The zero-order chi connectivity index (χ0) is 20.8. The lowest BCUT2D eigenvalue weighted by molar-refractivity contribution is -0.127. The molecule has 2 heterocycles. The van der Waals surface area contributed by atoms with E-state index in [4.69, 9.17) is 5.26 Å². The molecule has 146 valence electrons. The highest BCUT2D eigenvalue weighted by molar-refractivity contribution is 5.85. The number of anilines is 1. The van der Waals surface area contributed by atoms with Gasteiger partial charge in [0, 0.05) is 30.9 Å². The van der Waals surface area contributed by atoms with Gasteiger partial charge in [0.1, 0.15) is 18.4 Å². The van der Waals surface area contributed by atoms with Crippen molar-refractivity contribution in [3.05, 3.63) is 36.0 Å². The lowest BCUT2D eigenvalue weighted by Gasteiger charge is -2.14. The number of nitrogens with zero attached hydrogens (tertiary/aromatic N) is 6. The molecule has 0 atom stereocenters. The molecule has 1 N–H and O–H groups in total. The molecule has 9 heteroatoms. The number of rotatable bonds is 8. The fraction of sp³-hybridized carbons (Fsp3) is 0.350. The van der Waals surface area contributed by atoms with Gasteiger partial charge in [0.15, 0.2) is 5.69 Å². The van der Waals surface area contributed by atoms with Crippen molar-refractivity contribution in [3.8, 4) is 23.4 Å². The third kappa shape index (κ3) is 5.11. The Bertz CT molecular complexity index is 1000. The topological polar surface area (TPSA) is 136 Å². The fourth-order valence-corrected chi connectivity index (χ4v) is 2.65. The number of hydrogen-bond acceptors (Lipinski definition) is 8. The summed E-state index contributed by atoms with van der Waals surface area (Å²) in [5.41, 5.74) is 2.32. The largest absolute Gasteiger partial charge is 0.374 e. The molecule has 0 saturated heterocycles. The molecule has 1 fully saturated rings. The Balaban J connectivity index is 1.72. The number of aromatic nitrogens is 3. The molecule has 0 radical (unpaired) electrons. The minimum atomic E-state index is -0.287. The average molecular weight is 389 g/mol. The fourth-order valence-electron chi connectivity index (χ4n) is 2.65. The second kappa shape index (κ2) is 8.89. The molecular formula is C20H19N7O2. The second-order valence-corrected chi connectivity index (χ2v) is 6.80. The summed E-state index contributed by atoms with van der Waals surface area (Å²) in [6.07, 6.45) is 6.86. The van der Waals surface area contributed by atoms with Crippen molar-refractivity contribution in [3.63, 3.8) is 0 Å². The number of carbonyl (C=O) groups is 2. The summed E-state index contributed by atoms with van der Waals surface area (Å²) in [6, 6.07) is 5.55. The molecule has 1 saturated carbocycles. The Morgan fingerprint density at radius 3 is 2.62 bits per heavy atom. The van der Waals surface area contributed by atoms with E-state index in [1.807, 2.05) is 12.1 Å². The van der Waals surface area contributed by atoms with E-state index < -0.39 is 0 Å². The zero-order valence-corrected chi connectivity index (χ0v) is 15.9. The lowest BCUT2D eigenvalue weighted by atomic mass is 10.1. The molecule has 1 aliphatic rings. The monoisotopic (exact) mass is 389 g/mol. The summed E-state index contributed by atoms with van der Waals surface area (Å²) < 4.78 is 0. The first-order chi connectivity index (χ1) is 14.0. The molecule has 9 nitrogen and oxygen atoms in total. The van der Waals surface area contributed by atoms with E-state index in [1.165, 1.54) is 18.1 Å². The first kappa shape index (κ1) is 19.9. The normalized spacial score (nSPS) is 12.5. The van der Waals surface area contributed by atoms with Crippen molar-refractivity contribution in [2.75, 3.05) is 25.5 Å². The summed E-state index contributed by atoms with van der Waals surface area (Å²) in [6.45, 7) is -0.0962. The van der Waals surface area contributed by atoms with Crippen molar-refractivity contribution in [1.82, 2.24) is 19.9 Å². The molecule has 0 unspecified atom stereocenters. The summed E-state index contributed by atoms with van der Waals surface area (Å²) in [5.74, 6) is 0.0951. The molecule has 2 aromatic heterocycles. The third-order valence-corrected chi connectivity index (χ3v) is 4.55. The van der Waals surface area contributed by atoms with Gasteiger partial charge in [0.2, 0.25) is 5.91 Å². The van der Waals surface area contributed by atoms with Crippen molar-refractivity contribution < 1.29 is 9.59 Å². The van der Waals surface area contributed by atoms with E-state index >= 15 is 0 Å². The van der Waals surface area contributed by atoms with Crippen molar-refractivity contribution in [1.29, 1.82) is 10.5 Å². The van der Waals surface area contributed by atoms with Gasteiger partial charge in [0.05, 0.1) is 42.3 Å². The molecule has 0 aliphatic heterocycles. The number of Topliss-reactive ketones (excluding diaryl/α,β-unsaturated/α-hetero) is 1. The van der Waals surface area contributed by atoms with Gasteiger partial charge in [-0.3, -0.25) is 19.6 Å². The smallest absolute Gasteiger partial charge is 0.242 e. The van der Waals surface area contributed by atoms with Crippen LogP contribution in [0, 0.1) is 28.6 Å². The van der Waals surface area contributed by atoms with Crippen LogP contribution >= 0.6 is 0 Å². The lowest BCUT2D eigenvalue weighted by Crippen LogP contribution is -2.32. The molecule has 0 spiro atoms. The average Bonchev–Trinajstić information content (AvgIpc) is 3.58. The summed E-state index contributed by atoms with van der Waals surface area (Å²) in [7, 11) is 1.53. The van der Waals surface area contributed by atoms with Gasteiger partial charge in [-0.05, 0) is 18.9 Å². The molecule has 2 aromatic rings. The van der Waals surface area contributed by atoms with Crippen LogP contribution in [0.2, 0.25) is 0 Å². The van der Waals surface area contributed by atoms with Gasteiger partial charge in [-0.2, -0.15) is 10.5 Å². The van der Waals surface area contributed by atoms with Crippen LogP contribution in [0.3, 0.4) is 0 Å². The van der Waals surface area contributed by atoms with Crippen LogP contribution in [-0.4, -0.2) is 51.7 Å². The Morgan fingerprint density at radius 2 is 2.00 bits per heavy atom. The highest BCUT2D eigenvalue weighted by Gasteiger charge is 2.29. The number of likely N-dealkylation sites (N-methyl/N-ethyl adjacent to an activating group) is 1. The zero-order valence-electron chi connectivity index (χ0n) is 15.9. The van der Waals surface area contributed by atoms with E-state index in [0.717, 1.165) is 12.8 Å². The van der Waals surface area contributed by atoms with Crippen LogP contribution in [0.15, 0.2) is 24.7 Å². The Kier molecular flexibility index (Phi) is 6.10. The number of pyridine rings is 1. The molecule has 3 rings (SSSR count). The highest BCUT2D eigenvalue weighted by Crippen LogP contribution is 2.30. The minimum Gasteiger partial charge on any atom is -0.374 e. The van der Waals surface area contributed by atoms with E-state index in [2.05, 4.69) is 20.3 Å². The maximum Gasteiger partial charge on any atom is 0.242 e. The summed E-state index contributed by atoms with van der Waals surface area (Å²) in [4.78, 5) is 37.9. The van der Waals surface area contributed by atoms with Crippen LogP contribution < -0.4 is 5.32 Å². The molecular weight excluding hydrogens is 370 g/mol. The van der Waals surface area contributed by atoms with E-state index in [0.29, 0.717) is 22.6 Å². The number of carbonyl (C=O) groups excluding carboxylic acids is 2. The van der Waals surface area contributed by atoms with Crippen LogP contribution in [0.4, 0.5) is 5.69 Å². The van der Waals surface area contributed by atoms with Crippen molar-refractivity contribution in [2.45, 2.75) is 19.3 Å². The second-order valence-electron chi connectivity index (χ2n) is 6.80. The predicted octanol–water partition coefficient (Wildman–Crippen LogP) is 1.33.